The van der Waals surface area contributed by atoms with Gasteiger partial charge >= 0.3 is 0 Å². The van der Waals surface area contributed by atoms with Crippen LogP contribution in [0.5, 0.6) is 11.5 Å². The summed E-state index contributed by atoms with van der Waals surface area (Å²) in [6, 6.07) is 11.7. The van der Waals surface area contributed by atoms with Crippen LogP contribution in [0.15, 0.2) is 36.4 Å². The van der Waals surface area contributed by atoms with Gasteiger partial charge in [-0.25, -0.2) is 0 Å². The number of phenolic OH excluding ortho intramolecular Hbond substituents is 2. The van der Waals surface area contributed by atoms with Crippen LogP contribution < -0.4 is 0 Å². The molecule has 0 aromatic heterocycles. The summed E-state index contributed by atoms with van der Waals surface area (Å²) in [6.07, 6.45) is 3.25. The number of hydrogen-bond donors (Lipinski definition) is 2. The van der Waals surface area contributed by atoms with Crippen LogP contribution in [0, 0.1) is 6.42 Å². The van der Waals surface area contributed by atoms with E-state index >= 15 is 0 Å². The van der Waals surface area contributed by atoms with Gasteiger partial charge in [-0.15, -0.1) is 0 Å². The van der Waals surface area contributed by atoms with E-state index in [4.69, 9.17) is 0 Å². The average Bonchev–Trinajstić information content (AvgIpc) is 2.48. The summed E-state index contributed by atoms with van der Waals surface area (Å²) in [5.41, 5.74) is 3.03. The molecule has 2 N–H and O–H groups in total. The topological polar surface area (TPSA) is 40.5 Å². The maximum atomic E-state index is 10.9. The first kappa shape index (κ1) is 19.4. The molecule has 0 fully saturated rings. The van der Waals surface area contributed by atoms with Gasteiger partial charge < -0.3 is 10.2 Å². The number of para-hydroxylation sites is 2. The van der Waals surface area contributed by atoms with Crippen LogP contribution in [0.2, 0.25) is 0 Å². The fraction of sp³-hybridized carbons (Fsp3) is 0.435. The number of benzene rings is 2. The van der Waals surface area contributed by atoms with Crippen LogP contribution in [-0.4, -0.2) is 10.2 Å². The van der Waals surface area contributed by atoms with Crippen molar-refractivity contribution in [3.8, 4) is 11.5 Å². The molecule has 25 heavy (non-hydrogen) atoms. The van der Waals surface area contributed by atoms with E-state index in [2.05, 4.69) is 48.0 Å². The predicted molar refractivity (Wildman–Crippen MR) is 104 cm³/mol. The standard InChI is InChI=1S/C23H30O2/c1-8-15(16-11-9-13-18(20(16)24)22(2,3)4)17-12-10-14-19(21(17)25)23(5,6)7/h9-15,24-25H,1-7H3. The van der Waals surface area contributed by atoms with Crippen molar-refractivity contribution < 1.29 is 10.2 Å². The van der Waals surface area contributed by atoms with Crippen LogP contribution in [0.1, 0.15) is 76.6 Å². The molecule has 0 unspecified atom stereocenters. The molecule has 2 rings (SSSR count). The molecule has 2 heteroatoms. The quantitative estimate of drug-likeness (QED) is 0.728. The van der Waals surface area contributed by atoms with Crippen molar-refractivity contribution in [2.75, 3.05) is 0 Å². The summed E-state index contributed by atoms with van der Waals surface area (Å²) in [6.45, 7) is 14.3. The Morgan fingerprint density at radius 3 is 1.36 bits per heavy atom. The van der Waals surface area contributed by atoms with E-state index in [9.17, 15) is 10.2 Å². The Morgan fingerprint density at radius 2 is 1.08 bits per heavy atom. The second kappa shape index (κ2) is 6.74. The Hall–Kier alpha value is -1.96. The van der Waals surface area contributed by atoms with E-state index < -0.39 is 0 Å². The number of rotatable bonds is 3. The molecule has 0 aliphatic rings. The lowest BCUT2D eigenvalue weighted by atomic mass is 9.79. The average molecular weight is 338 g/mol. The lowest BCUT2D eigenvalue weighted by Gasteiger charge is -2.27. The minimum Gasteiger partial charge on any atom is -0.507 e. The number of hydrogen-bond acceptors (Lipinski definition) is 2. The molecule has 0 spiro atoms. The largest absolute Gasteiger partial charge is 0.507 e. The fourth-order valence-electron chi connectivity index (χ4n) is 3.28. The van der Waals surface area contributed by atoms with Gasteiger partial charge in [-0.05, 0) is 28.4 Å². The molecular weight excluding hydrogens is 308 g/mol. The van der Waals surface area contributed by atoms with Crippen LogP contribution in [-0.2, 0) is 10.8 Å². The minimum absolute atomic E-state index is 0.159. The molecule has 0 bridgehead atoms. The van der Waals surface area contributed by atoms with Crippen molar-refractivity contribution >= 4 is 0 Å². The zero-order valence-corrected chi connectivity index (χ0v) is 16.4. The van der Waals surface area contributed by atoms with Crippen molar-refractivity contribution in [3.05, 3.63) is 65.1 Å². The maximum absolute atomic E-state index is 10.9. The molecule has 2 aromatic carbocycles. The Labute approximate surface area is 152 Å². The summed E-state index contributed by atoms with van der Waals surface area (Å²) in [4.78, 5) is 0. The third kappa shape index (κ3) is 3.84. The van der Waals surface area contributed by atoms with Gasteiger partial charge in [-0.1, -0.05) is 84.9 Å². The monoisotopic (exact) mass is 338 g/mol. The molecule has 0 saturated carbocycles. The van der Waals surface area contributed by atoms with E-state index in [1.165, 1.54) is 0 Å². The third-order valence-corrected chi connectivity index (χ3v) is 4.66. The molecular formula is C23H30O2. The van der Waals surface area contributed by atoms with Crippen molar-refractivity contribution in [2.24, 2.45) is 0 Å². The molecule has 0 atom stereocenters. The van der Waals surface area contributed by atoms with Gasteiger partial charge in [0.15, 0.2) is 0 Å². The third-order valence-electron chi connectivity index (χ3n) is 4.66. The van der Waals surface area contributed by atoms with Gasteiger partial charge in [0.25, 0.3) is 0 Å². The van der Waals surface area contributed by atoms with E-state index in [1.807, 2.05) is 43.3 Å². The van der Waals surface area contributed by atoms with Crippen LogP contribution in [0.25, 0.3) is 0 Å². The highest BCUT2D eigenvalue weighted by atomic mass is 16.3. The molecule has 0 heterocycles. The Balaban J connectivity index is 2.64. The normalized spacial score (nSPS) is 12.6. The van der Waals surface area contributed by atoms with Gasteiger partial charge in [-0.2, -0.15) is 0 Å². The summed E-state index contributed by atoms with van der Waals surface area (Å²) < 4.78 is 0. The number of phenols is 2. The Kier molecular flexibility index (Phi) is 5.22. The zero-order chi connectivity index (χ0) is 19.0. The van der Waals surface area contributed by atoms with Gasteiger partial charge in [0.05, 0.1) is 0 Å². The fourth-order valence-corrected chi connectivity index (χ4v) is 3.28. The smallest absolute Gasteiger partial charge is 0.123 e. The molecule has 2 nitrogen and oxygen atoms in total. The first-order chi connectivity index (χ1) is 11.5. The summed E-state index contributed by atoms with van der Waals surface area (Å²) in [5.74, 6) is 0.287. The first-order valence-corrected chi connectivity index (χ1v) is 8.80. The molecule has 0 aliphatic carbocycles. The van der Waals surface area contributed by atoms with Gasteiger partial charge in [0, 0.05) is 17.0 Å². The van der Waals surface area contributed by atoms with E-state index in [-0.39, 0.29) is 28.2 Å². The lowest BCUT2D eigenvalue weighted by molar-refractivity contribution is 0.431. The van der Waals surface area contributed by atoms with E-state index in [1.54, 1.807) is 0 Å². The van der Waals surface area contributed by atoms with Gasteiger partial charge in [0.1, 0.15) is 11.5 Å². The summed E-state index contributed by atoms with van der Waals surface area (Å²) >= 11 is 0. The summed E-state index contributed by atoms with van der Waals surface area (Å²) in [7, 11) is 0. The highest BCUT2D eigenvalue weighted by Gasteiger charge is 2.27. The van der Waals surface area contributed by atoms with Gasteiger partial charge in [-0.3, -0.25) is 0 Å². The van der Waals surface area contributed by atoms with Crippen molar-refractivity contribution in [3.63, 3.8) is 0 Å². The summed E-state index contributed by atoms with van der Waals surface area (Å²) in [5, 5.41) is 21.8. The molecule has 0 aliphatic heterocycles. The van der Waals surface area contributed by atoms with Crippen LogP contribution in [0.4, 0.5) is 0 Å². The van der Waals surface area contributed by atoms with Crippen LogP contribution >= 0.6 is 0 Å². The SMILES string of the molecule is C[C]C(c1cccc(C(C)(C)C)c1O)c1cccc(C(C)(C)C)c1O. The van der Waals surface area contributed by atoms with Gasteiger partial charge in [0.2, 0.25) is 0 Å². The van der Waals surface area contributed by atoms with Crippen LogP contribution in [0.3, 0.4) is 0 Å². The second-order valence-electron chi connectivity index (χ2n) is 8.71. The molecule has 2 aromatic rings. The van der Waals surface area contributed by atoms with Crippen molar-refractivity contribution in [1.82, 2.24) is 0 Å². The predicted octanol–water partition coefficient (Wildman–Crippen LogP) is 5.93. The van der Waals surface area contributed by atoms with Crippen molar-refractivity contribution in [1.29, 1.82) is 0 Å². The first-order valence-electron chi connectivity index (χ1n) is 8.80. The molecule has 0 saturated heterocycles. The molecule has 134 valence electrons. The zero-order valence-electron chi connectivity index (χ0n) is 16.4. The Bertz CT molecular complexity index is 682. The minimum atomic E-state index is -0.287. The highest BCUT2D eigenvalue weighted by molar-refractivity contribution is 5.54. The molecule has 2 radical (unpaired) electrons. The lowest BCUT2D eigenvalue weighted by Crippen LogP contribution is -2.14. The highest BCUT2D eigenvalue weighted by Crippen LogP contribution is 2.44. The van der Waals surface area contributed by atoms with E-state index in [0.29, 0.717) is 0 Å². The second-order valence-corrected chi connectivity index (χ2v) is 8.71. The Morgan fingerprint density at radius 1 is 0.720 bits per heavy atom. The number of aromatic hydroxyl groups is 2. The maximum Gasteiger partial charge on any atom is 0.123 e. The van der Waals surface area contributed by atoms with E-state index in [0.717, 1.165) is 22.3 Å². The molecule has 0 amide bonds. The van der Waals surface area contributed by atoms with Crippen molar-refractivity contribution in [2.45, 2.75) is 65.2 Å².